The van der Waals surface area contributed by atoms with Crippen LogP contribution in [0.25, 0.3) is 11.3 Å². The quantitative estimate of drug-likeness (QED) is 0.741. The Hall–Kier alpha value is -1.93. The molecule has 8 heteroatoms. The third-order valence-corrected chi connectivity index (χ3v) is 4.36. The van der Waals surface area contributed by atoms with Crippen molar-refractivity contribution < 1.29 is 23.5 Å². The topological polar surface area (TPSA) is 82.8 Å². The number of hydrogen-bond donors (Lipinski definition) is 1. The van der Waals surface area contributed by atoms with Crippen LogP contribution in [0.15, 0.2) is 28.8 Å². The number of carbonyl (C=O) groups is 1. The molecule has 1 saturated heterocycles. The fourth-order valence-corrected chi connectivity index (χ4v) is 2.95. The number of nitrogens with one attached hydrogen (secondary N) is 1. The van der Waals surface area contributed by atoms with Gasteiger partial charge in [-0.15, -0.1) is 0 Å². The van der Waals surface area contributed by atoms with E-state index in [-0.39, 0.29) is 31.1 Å². The maximum atomic E-state index is 12.6. The smallest absolute Gasteiger partial charge is 0.259 e. The van der Waals surface area contributed by atoms with Gasteiger partial charge in [-0.05, 0) is 31.4 Å². The van der Waals surface area contributed by atoms with Gasteiger partial charge in [0.25, 0.3) is 5.91 Å². The van der Waals surface area contributed by atoms with Crippen LogP contribution in [0.4, 0.5) is 0 Å². The van der Waals surface area contributed by atoms with E-state index in [0.29, 0.717) is 28.6 Å². The lowest BCUT2D eigenvalue weighted by Crippen LogP contribution is -2.27. The number of amides is 1. The molecule has 26 heavy (non-hydrogen) atoms. The minimum absolute atomic E-state index is 0.0675. The molecule has 1 aliphatic rings. The van der Waals surface area contributed by atoms with Crippen LogP contribution in [0.5, 0.6) is 0 Å². The minimum Gasteiger partial charge on any atom is -0.364 e. The molecule has 1 aromatic carbocycles. The van der Waals surface area contributed by atoms with E-state index < -0.39 is 0 Å². The molecule has 0 saturated carbocycles. The predicted octanol–water partition coefficient (Wildman–Crippen LogP) is 3.37. The van der Waals surface area contributed by atoms with E-state index in [1.807, 2.05) is 6.07 Å². The zero-order chi connectivity index (χ0) is 18.4. The molecule has 1 aliphatic heterocycles. The Morgan fingerprint density at radius 2 is 2.23 bits per heavy atom. The molecule has 0 spiro atoms. The van der Waals surface area contributed by atoms with Crippen molar-refractivity contribution in [1.82, 2.24) is 10.5 Å². The fraction of sp³-hybridized carbons (Fsp3) is 0.444. The molecule has 1 unspecified atom stereocenters. The number of halogens is 1. The second-order valence-corrected chi connectivity index (χ2v) is 6.27. The molecule has 7 nitrogen and oxygen atoms in total. The first-order valence-corrected chi connectivity index (χ1v) is 8.82. The van der Waals surface area contributed by atoms with Crippen molar-refractivity contribution in [3.8, 4) is 11.3 Å². The van der Waals surface area contributed by atoms with E-state index >= 15 is 0 Å². The Labute approximate surface area is 156 Å². The van der Waals surface area contributed by atoms with Gasteiger partial charge in [0.1, 0.15) is 18.0 Å². The van der Waals surface area contributed by atoms with Crippen molar-refractivity contribution in [3.63, 3.8) is 0 Å². The Morgan fingerprint density at radius 1 is 1.38 bits per heavy atom. The van der Waals surface area contributed by atoms with Gasteiger partial charge in [0.05, 0.1) is 11.6 Å². The normalized spacial score (nSPS) is 17.2. The summed E-state index contributed by atoms with van der Waals surface area (Å²) in [5.41, 5.74) is 1.26. The standard InChI is InChI=1S/C18H21ClN2O5/c1-23-11-20-18(22)16-14(10-25-15-8-4-5-9-24-15)21-26-17(16)12-6-2-3-7-13(12)19/h2-3,6-7,15H,4-5,8-11H2,1H3,(H,20,22). The average Bonchev–Trinajstić information content (AvgIpc) is 3.09. The maximum absolute atomic E-state index is 12.6. The Bertz CT molecular complexity index is 743. The highest BCUT2D eigenvalue weighted by Crippen LogP contribution is 2.32. The van der Waals surface area contributed by atoms with Crippen LogP contribution in [-0.2, 0) is 20.8 Å². The third-order valence-electron chi connectivity index (χ3n) is 4.03. The highest BCUT2D eigenvalue weighted by atomic mass is 35.5. The van der Waals surface area contributed by atoms with Crippen molar-refractivity contribution in [2.24, 2.45) is 0 Å². The van der Waals surface area contributed by atoms with Gasteiger partial charge in [0.15, 0.2) is 12.1 Å². The molecule has 1 N–H and O–H groups in total. The first kappa shape index (κ1) is 18.8. The number of aromatic nitrogens is 1. The number of hydrogen-bond acceptors (Lipinski definition) is 6. The van der Waals surface area contributed by atoms with Crippen molar-refractivity contribution in [3.05, 3.63) is 40.5 Å². The molecule has 1 fully saturated rings. The molecule has 0 aliphatic carbocycles. The number of methoxy groups -OCH3 is 1. The summed E-state index contributed by atoms with van der Waals surface area (Å²) in [5.74, 6) is -0.0708. The molecule has 140 valence electrons. The summed E-state index contributed by atoms with van der Waals surface area (Å²) in [6.45, 7) is 0.849. The van der Waals surface area contributed by atoms with Gasteiger partial charge in [-0.2, -0.15) is 0 Å². The maximum Gasteiger partial charge on any atom is 0.259 e. The van der Waals surface area contributed by atoms with Crippen LogP contribution >= 0.6 is 11.6 Å². The van der Waals surface area contributed by atoms with E-state index in [2.05, 4.69) is 10.5 Å². The van der Waals surface area contributed by atoms with Gasteiger partial charge in [-0.1, -0.05) is 28.9 Å². The second-order valence-electron chi connectivity index (χ2n) is 5.86. The number of carbonyl (C=O) groups excluding carboxylic acids is 1. The lowest BCUT2D eigenvalue weighted by molar-refractivity contribution is -0.169. The molecule has 0 radical (unpaired) electrons. The van der Waals surface area contributed by atoms with Crippen LogP contribution in [0.3, 0.4) is 0 Å². The zero-order valence-corrected chi connectivity index (χ0v) is 15.3. The molecular formula is C18H21ClN2O5. The first-order valence-electron chi connectivity index (χ1n) is 8.44. The summed E-state index contributed by atoms with van der Waals surface area (Å²) in [6.07, 6.45) is 2.61. The van der Waals surface area contributed by atoms with E-state index in [0.717, 1.165) is 19.3 Å². The van der Waals surface area contributed by atoms with Gasteiger partial charge >= 0.3 is 0 Å². The summed E-state index contributed by atoms with van der Waals surface area (Å²) in [7, 11) is 1.49. The summed E-state index contributed by atoms with van der Waals surface area (Å²) in [6, 6.07) is 7.11. The molecule has 0 bridgehead atoms. The van der Waals surface area contributed by atoms with Crippen molar-refractivity contribution in [1.29, 1.82) is 0 Å². The Balaban J connectivity index is 1.86. The van der Waals surface area contributed by atoms with Crippen LogP contribution in [0, 0.1) is 0 Å². The largest absolute Gasteiger partial charge is 0.364 e. The summed E-state index contributed by atoms with van der Waals surface area (Å²) < 4.78 is 21.7. The van der Waals surface area contributed by atoms with Crippen molar-refractivity contribution >= 4 is 17.5 Å². The molecule has 1 aromatic heterocycles. The van der Waals surface area contributed by atoms with Crippen LogP contribution in [0.1, 0.15) is 35.3 Å². The summed E-state index contributed by atoms with van der Waals surface area (Å²) in [4.78, 5) is 12.6. The second kappa shape index (κ2) is 9.14. The van der Waals surface area contributed by atoms with Gasteiger partial charge in [-0.3, -0.25) is 4.79 Å². The van der Waals surface area contributed by atoms with Gasteiger partial charge in [-0.25, -0.2) is 0 Å². The molecule has 2 aromatic rings. The highest BCUT2D eigenvalue weighted by molar-refractivity contribution is 6.33. The molecule has 3 rings (SSSR count). The van der Waals surface area contributed by atoms with Crippen molar-refractivity contribution in [2.45, 2.75) is 32.2 Å². The van der Waals surface area contributed by atoms with E-state index in [1.54, 1.807) is 18.2 Å². The number of nitrogens with zero attached hydrogens (tertiary/aromatic N) is 1. The van der Waals surface area contributed by atoms with E-state index in [4.69, 9.17) is 30.3 Å². The van der Waals surface area contributed by atoms with Gasteiger partial charge in [0, 0.05) is 19.3 Å². The van der Waals surface area contributed by atoms with E-state index in [1.165, 1.54) is 7.11 Å². The van der Waals surface area contributed by atoms with Gasteiger partial charge in [0.2, 0.25) is 0 Å². The summed E-state index contributed by atoms with van der Waals surface area (Å²) in [5, 5.41) is 7.15. The minimum atomic E-state index is -0.369. The fourth-order valence-electron chi connectivity index (χ4n) is 2.73. The van der Waals surface area contributed by atoms with Crippen LogP contribution in [0.2, 0.25) is 5.02 Å². The lowest BCUT2D eigenvalue weighted by Gasteiger charge is -2.22. The molecule has 1 amide bonds. The number of ether oxygens (including phenoxy) is 3. The average molecular weight is 381 g/mol. The van der Waals surface area contributed by atoms with Gasteiger partial charge < -0.3 is 24.1 Å². The molecule has 1 atom stereocenters. The first-order chi connectivity index (χ1) is 12.7. The molecular weight excluding hydrogens is 360 g/mol. The lowest BCUT2D eigenvalue weighted by atomic mass is 10.1. The predicted molar refractivity (Wildman–Crippen MR) is 94.7 cm³/mol. The number of benzene rings is 1. The Kier molecular flexibility index (Phi) is 6.62. The monoisotopic (exact) mass is 380 g/mol. The summed E-state index contributed by atoms with van der Waals surface area (Å²) >= 11 is 6.25. The Morgan fingerprint density at radius 3 is 2.96 bits per heavy atom. The van der Waals surface area contributed by atoms with Crippen LogP contribution in [-0.4, -0.2) is 37.8 Å². The van der Waals surface area contributed by atoms with E-state index in [9.17, 15) is 4.79 Å². The third kappa shape index (κ3) is 4.42. The SMILES string of the molecule is COCNC(=O)c1c(COC2CCCCO2)noc1-c1ccccc1Cl. The van der Waals surface area contributed by atoms with Crippen LogP contribution < -0.4 is 5.32 Å². The highest BCUT2D eigenvalue weighted by Gasteiger charge is 2.26. The number of rotatable bonds is 7. The zero-order valence-electron chi connectivity index (χ0n) is 14.5. The molecule has 2 heterocycles. The van der Waals surface area contributed by atoms with Crippen molar-refractivity contribution in [2.75, 3.05) is 20.4 Å².